The van der Waals surface area contributed by atoms with E-state index in [2.05, 4.69) is 17.6 Å². The fourth-order valence-corrected chi connectivity index (χ4v) is 2.28. The molecule has 0 spiro atoms. The van der Waals surface area contributed by atoms with Crippen molar-refractivity contribution in [2.45, 2.75) is 38.2 Å². The summed E-state index contributed by atoms with van der Waals surface area (Å²) in [6.07, 6.45) is 3.84. The van der Waals surface area contributed by atoms with Crippen molar-refractivity contribution < 1.29 is 9.90 Å². The Balaban J connectivity index is 2.32. The molecule has 15 heavy (non-hydrogen) atoms. The van der Waals surface area contributed by atoms with Crippen LogP contribution in [0.2, 0.25) is 0 Å². The van der Waals surface area contributed by atoms with E-state index in [1.165, 1.54) is 6.42 Å². The monoisotopic (exact) mass is 214 g/mol. The Bertz CT molecular complexity index is 221. The first-order valence-electron chi connectivity index (χ1n) is 5.69. The fraction of sp³-hybridized carbons (Fsp3) is 0.909. The largest absolute Gasteiger partial charge is 0.388 e. The van der Waals surface area contributed by atoms with Crippen LogP contribution in [0.5, 0.6) is 0 Å². The zero-order valence-electron chi connectivity index (χ0n) is 9.68. The van der Waals surface area contributed by atoms with Gasteiger partial charge in [0.25, 0.3) is 0 Å². The third kappa shape index (κ3) is 4.18. The van der Waals surface area contributed by atoms with Gasteiger partial charge in [-0.15, -0.1) is 0 Å². The van der Waals surface area contributed by atoms with Crippen molar-refractivity contribution in [2.24, 2.45) is 5.92 Å². The van der Waals surface area contributed by atoms with E-state index in [0.29, 0.717) is 19.0 Å². The third-order valence-electron chi connectivity index (χ3n) is 3.02. The molecule has 4 heteroatoms. The molecule has 2 atom stereocenters. The van der Waals surface area contributed by atoms with Gasteiger partial charge in [0.15, 0.2) is 0 Å². The van der Waals surface area contributed by atoms with E-state index in [4.69, 9.17) is 0 Å². The summed E-state index contributed by atoms with van der Waals surface area (Å²) in [5.74, 6) is 0.508. The fourth-order valence-electron chi connectivity index (χ4n) is 2.28. The molecule has 0 heterocycles. The first kappa shape index (κ1) is 12.5. The van der Waals surface area contributed by atoms with E-state index in [-0.39, 0.29) is 5.91 Å². The molecule has 1 fully saturated rings. The van der Waals surface area contributed by atoms with Crippen LogP contribution in [0.4, 0.5) is 0 Å². The first-order valence-corrected chi connectivity index (χ1v) is 5.69. The number of hydrogen-bond donors (Lipinski definition) is 3. The van der Waals surface area contributed by atoms with Crippen molar-refractivity contribution >= 4 is 5.91 Å². The molecule has 2 unspecified atom stereocenters. The number of carbonyl (C=O) groups is 1. The van der Waals surface area contributed by atoms with Crippen LogP contribution in [0.15, 0.2) is 0 Å². The van der Waals surface area contributed by atoms with Crippen LogP contribution in [0.25, 0.3) is 0 Å². The van der Waals surface area contributed by atoms with Gasteiger partial charge >= 0.3 is 0 Å². The molecule has 0 aromatic rings. The minimum atomic E-state index is -0.679. The average molecular weight is 214 g/mol. The van der Waals surface area contributed by atoms with Gasteiger partial charge in [-0.2, -0.15) is 0 Å². The predicted molar refractivity (Wildman–Crippen MR) is 59.5 cm³/mol. The molecule has 1 saturated carbocycles. The second-order valence-corrected chi connectivity index (χ2v) is 4.73. The van der Waals surface area contributed by atoms with Crippen molar-refractivity contribution in [3.63, 3.8) is 0 Å². The molecule has 0 aromatic heterocycles. The Kier molecular flexibility index (Phi) is 4.54. The molecule has 1 rings (SSSR count). The number of amides is 1. The highest BCUT2D eigenvalue weighted by Gasteiger charge is 2.32. The molecule has 1 aliphatic rings. The van der Waals surface area contributed by atoms with Crippen LogP contribution in [-0.4, -0.2) is 36.8 Å². The summed E-state index contributed by atoms with van der Waals surface area (Å²) in [6.45, 7) is 2.85. The summed E-state index contributed by atoms with van der Waals surface area (Å²) in [6, 6.07) is 0. The van der Waals surface area contributed by atoms with E-state index < -0.39 is 5.60 Å². The molecular formula is C11H22N2O2. The summed E-state index contributed by atoms with van der Waals surface area (Å²) in [5, 5.41) is 15.8. The average Bonchev–Trinajstić information content (AvgIpc) is 2.15. The summed E-state index contributed by atoms with van der Waals surface area (Å²) >= 11 is 0. The van der Waals surface area contributed by atoms with Gasteiger partial charge in [0.1, 0.15) is 0 Å². The summed E-state index contributed by atoms with van der Waals surface area (Å²) in [5.41, 5.74) is -0.679. The number of nitrogens with one attached hydrogen (secondary N) is 2. The lowest BCUT2D eigenvalue weighted by Crippen LogP contribution is -2.47. The summed E-state index contributed by atoms with van der Waals surface area (Å²) < 4.78 is 0. The lowest BCUT2D eigenvalue weighted by Gasteiger charge is -2.35. The SMILES string of the molecule is CNCC(=O)NCC1(O)CCCC(C)C1. The van der Waals surface area contributed by atoms with E-state index in [1.54, 1.807) is 7.05 Å². The van der Waals surface area contributed by atoms with Crippen LogP contribution in [0.3, 0.4) is 0 Å². The second-order valence-electron chi connectivity index (χ2n) is 4.73. The third-order valence-corrected chi connectivity index (χ3v) is 3.02. The molecule has 0 saturated heterocycles. The zero-order chi connectivity index (χ0) is 11.3. The quantitative estimate of drug-likeness (QED) is 0.629. The number of likely N-dealkylation sites (N-methyl/N-ethyl adjacent to an activating group) is 1. The Hall–Kier alpha value is -0.610. The molecule has 0 aromatic carbocycles. The van der Waals surface area contributed by atoms with E-state index in [9.17, 15) is 9.90 Å². The van der Waals surface area contributed by atoms with Crippen LogP contribution in [0, 0.1) is 5.92 Å². The van der Waals surface area contributed by atoms with Crippen molar-refractivity contribution in [2.75, 3.05) is 20.1 Å². The number of hydrogen-bond acceptors (Lipinski definition) is 3. The topological polar surface area (TPSA) is 61.4 Å². The van der Waals surface area contributed by atoms with Gasteiger partial charge in [0.2, 0.25) is 5.91 Å². The molecule has 3 N–H and O–H groups in total. The van der Waals surface area contributed by atoms with Gasteiger partial charge in [-0.1, -0.05) is 19.8 Å². The van der Waals surface area contributed by atoms with E-state index in [0.717, 1.165) is 19.3 Å². The Morgan fingerprint density at radius 2 is 2.33 bits per heavy atom. The molecule has 0 aliphatic heterocycles. The minimum absolute atomic E-state index is 0.0517. The molecule has 1 amide bonds. The molecular weight excluding hydrogens is 192 g/mol. The van der Waals surface area contributed by atoms with Crippen molar-refractivity contribution in [1.29, 1.82) is 0 Å². The summed E-state index contributed by atoms with van der Waals surface area (Å²) in [4.78, 5) is 11.2. The van der Waals surface area contributed by atoms with Gasteiger partial charge in [-0.05, 0) is 25.8 Å². The van der Waals surface area contributed by atoms with E-state index >= 15 is 0 Å². The maximum Gasteiger partial charge on any atom is 0.234 e. The van der Waals surface area contributed by atoms with Gasteiger partial charge in [-0.3, -0.25) is 4.79 Å². The van der Waals surface area contributed by atoms with Gasteiger partial charge in [-0.25, -0.2) is 0 Å². The minimum Gasteiger partial charge on any atom is -0.388 e. The summed E-state index contributed by atoms with van der Waals surface area (Å²) in [7, 11) is 1.73. The first-order chi connectivity index (χ1) is 7.06. The van der Waals surface area contributed by atoms with Gasteiger partial charge in [0, 0.05) is 6.54 Å². The lowest BCUT2D eigenvalue weighted by atomic mass is 9.79. The molecule has 0 radical (unpaired) electrons. The van der Waals surface area contributed by atoms with Crippen molar-refractivity contribution in [3.05, 3.63) is 0 Å². The van der Waals surface area contributed by atoms with Crippen LogP contribution in [0.1, 0.15) is 32.6 Å². The van der Waals surface area contributed by atoms with Crippen molar-refractivity contribution in [1.82, 2.24) is 10.6 Å². The van der Waals surface area contributed by atoms with E-state index in [1.807, 2.05) is 0 Å². The molecule has 0 bridgehead atoms. The standard InChI is InChI=1S/C11H22N2O2/c1-9-4-3-5-11(15,6-9)8-13-10(14)7-12-2/h9,12,15H,3-8H2,1-2H3,(H,13,14). The number of aliphatic hydroxyl groups is 1. The van der Waals surface area contributed by atoms with Crippen molar-refractivity contribution in [3.8, 4) is 0 Å². The van der Waals surface area contributed by atoms with Gasteiger partial charge in [0.05, 0.1) is 12.1 Å². The second kappa shape index (κ2) is 5.47. The predicted octanol–water partition coefficient (Wildman–Crippen LogP) is 0.263. The highest BCUT2D eigenvalue weighted by Crippen LogP contribution is 2.31. The molecule has 1 aliphatic carbocycles. The lowest BCUT2D eigenvalue weighted by molar-refractivity contribution is -0.122. The highest BCUT2D eigenvalue weighted by molar-refractivity contribution is 5.78. The number of carbonyl (C=O) groups excluding carboxylic acids is 1. The zero-order valence-corrected chi connectivity index (χ0v) is 9.68. The Labute approximate surface area is 91.4 Å². The molecule has 4 nitrogen and oxygen atoms in total. The molecule has 88 valence electrons. The number of rotatable bonds is 4. The maximum atomic E-state index is 11.2. The van der Waals surface area contributed by atoms with Crippen LogP contribution in [-0.2, 0) is 4.79 Å². The maximum absolute atomic E-state index is 11.2. The Morgan fingerprint density at radius 1 is 1.60 bits per heavy atom. The highest BCUT2D eigenvalue weighted by atomic mass is 16.3. The normalized spacial score (nSPS) is 31.3. The van der Waals surface area contributed by atoms with Crippen LogP contribution < -0.4 is 10.6 Å². The smallest absolute Gasteiger partial charge is 0.234 e. The Morgan fingerprint density at radius 3 is 2.93 bits per heavy atom. The van der Waals surface area contributed by atoms with Crippen LogP contribution >= 0.6 is 0 Å². The van der Waals surface area contributed by atoms with Gasteiger partial charge < -0.3 is 15.7 Å².